The van der Waals surface area contributed by atoms with Crippen molar-refractivity contribution in [2.45, 2.75) is 19.8 Å². The molecule has 0 atom stereocenters. The zero-order chi connectivity index (χ0) is 16.9. The van der Waals surface area contributed by atoms with Crippen LogP contribution in [0.5, 0.6) is 5.75 Å². The number of aryl methyl sites for hydroxylation is 1. The van der Waals surface area contributed by atoms with Crippen molar-refractivity contribution in [1.82, 2.24) is 15.0 Å². The van der Waals surface area contributed by atoms with E-state index in [1.165, 1.54) is 0 Å². The average molecular weight is 325 g/mol. The van der Waals surface area contributed by atoms with E-state index in [1.54, 1.807) is 6.26 Å². The molecule has 0 bridgehead atoms. The number of benzene rings is 1. The zero-order valence-electron chi connectivity index (χ0n) is 13.4. The molecule has 3 rings (SSSR count). The molecular formula is C17H19N5O2. The van der Waals surface area contributed by atoms with E-state index in [-0.39, 0.29) is 11.8 Å². The lowest BCUT2D eigenvalue weighted by Crippen LogP contribution is -2.10. The quantitative estimate of drug-likeness (QED) is 0.715. The summed E-state index contributed by atoms with van der Waals surface area (Å²) in [5.74, 6) is 1.49. The highest BCUT2D eigenvalue weighted by Crippen LogP contribution is 2.25. The maximum Gasteiger partial charge on any atom is 0.226 e. The number of ether oxygens (including phenoxy) is 1. The summed E-state index contributed by atoms with van der Waals surface area (Å²) in [7, 11) is 0. The Hall–Kier alpha value is -3.09. The molecule has 2 heterocycles. The molecule has 124 valence electrons. The Kier molecular flexibility index (Phi) is 4.60. The van der Waals surface area contributed by atoms with Gasteiger partial charge in [-0.05, 0) is 18.6 Å². The highest BCUT2D eigenvalue weighted by Gasteiger charge is 2.12. The molecule has 0 saturated carbocycles. The molecule has 0 aliphatic carbocycles. The predicted octanol–water partition coefficient (Wildman–Crippen LogP) is 2.48. The van der Waals surface area contributed by atoms with Crippen molar-refractivity contribution in [3.63, 3.8) is 0 Å². The molecule has 0 fully saturated rings. The van der Waals surface area contributed by atoms with Crippen molar-refractivity contribution in [2.75, 3.05) is 18.1 Å². The minimum absolute atomic E-state index is 0.153. The Morgan fingerprint density at radius 1 is 1.08 bits per heavy atom. The van der Waals surface area contributed by atoms with Gasteiger partial charge in [-0.2, -0.15) is 4.98 Å². The van der Waals surface area contributed by atoms with Crippen LogP contribution in [0.15, 0.2) is 41.0 Å². The number of nitrogens with two attached hydrogens (primary N) is 2. The first-order valence-corrected chi connectivity index (χ1v) is 7.72. The summed E-state index contributed by atoms with van der Waals surface area (Å²) in [6.45, 7) is 2.35. The Bertz CT molecular complexity index is 817. The molecule has 7 nitrogen and oxygen atoms in total. The summed E-state index contributed by atoms with van der Waals surface area (Å²) < 4.78 is 11.3. The molecule has 0 aliphatic rings. The SMILES string of the molecule is CCc1nc(N)nc(N)c1OCCc1coc(-c2ccccc2)n1. The molecule has 1 aromatic carbocycles. The third-order valence-corrected chi connectivity index (χ3v) is 3.49. The van der Waals surface area contributed by atoms with Gasteiger partial charge < -0.3 is 20.6 Å². The summed E-state index contributed by atoms with van der Waals surface area (Å²) in [5, 5.41) is 0. The van der Waals surface area contributed by atoms with Gasteiger partial charge in [0.25, 0.3) is 0 Å². The fourth-order valence-corrected chi connectivity index (χ4v) is 2.33. The lowest BCUT2D eigenvalue weighted by atomic mass is 10.2. The van der Waals surface area contributed by atoms with E-state index in [1.807, 2.05) is 37.3 Å². The number of nitrogen functional groups attached to an aromatic ring is 2. The van der Waals surface area contributed by atoms with Crippen LogP contribution in [0.2, 0.25) is 0 Å². The lowest BCUT2D eigenvalue weighted by molar-refractivity contribution is 0.316. The fourth-order valence-electron chi connectivity index (χ4n) is 2.33. The third kappa shape index (κ3) is 3.45. The fraction of sp³-hybridized carbons (Fsp3) is 0.235. The maximum absolute atomic E-state index is 5.87. The number of hydrogen-bond donors (Lipinski definition) is 2. The van der Waals surface area contributed by atoms with Gasteiger partial charge in [0.2, 0.25) is 11.8 Å². The maximum atomic E-state index is 5.87. The van der Waals surface area contributed by atoms with Crippen molar-refractivity contribution >= 4 is 11.8 Å². The lowest BCUT2D eigenvalue weighted by Gasteiger charge is -2.11. The van der Waals surface area contributed by atoms with Crippen LogP contribution in [0.25, 0.3) is 11.5 Å². The molecule has 0 radical (unpaired) electrons. The summed E-state index contributed by atoms with van der Waals surface area (Å²) >= 11 is 0. The van der Waals surface area contributed by atoms with Crippen molar-refractivity contribution in [2.24, 2.45) is 0 Å². The van der Waals surface area contributed by atoms with Crippen molar-refractivity contribution in [3.05, 3.63) is 48.0 Å². The Labute approximate surface area is 139 Å². The van der Waals surface area contributed by atoms with Gasteiger partial charge in [0.05, 0.1) is 18.0 Å². The molecular weight excluding hydrogens is 306 g/mol. The van der Waals surface area contributed by atoms with Crippen LogP contribution in [0.3, 0.4) is 0 Å². The molecule has 4 N–H and O–H groups in total. The summed E-state index contributed by atoms with van der Waals surface area (Å²) in [4.78, 5) is 12.5. The molecule has 0 saturated heterocycles. The molecule has 7 heteroatoms. The number of aromatic nitrogens is 3. The first-order valence-electron chi connectivity index (χ1n) is 7.72. The van der Waals surface area contributed by atoms with Gasteiger partial charge in [-0.1, -0.05) is 25.1 Å². The first kappa shape index (κ1) is 15.8. The molecule has 0 unspecified atom stereocenters. The number of nitrogens with zero attached hydrogens (tertiary/aromatic N) is 3. The Morgan fingerprint density at radius 3 is 2.62 bits per heavy atom. The Balaban J connectivity index is 1.65. The monoisotopic (exact) mass is 325 g/mol. The predicted molar refractivity (Wildman–Crippen MR) is 91.4 cm³/mol. The minimum Gasteiger partial charge on any atom is -0.487 e. The highest BCUT2D eigenvalue weighted by atomic mass is 16.5. The van der Waals surface area contributed by atoms with Gasteiger partial charge >= 0.3 is 0 Å². The summed E-state index contributed by atoms with van der Waals surface area (Å²) in [6, 6.07) is 9.74. The smallest absolute Gasteiger partial charge is 0.226 e. The van der Waals surface area contributed by atoms with Gasteiger partial charge in [-0.25, -0.2) is 9.97 Å². The van der Waals surface area contributed by atoms with E-state index in [0.717, 1.165) is 11.3 Å². The molecule has 0 spiro atoms. The van der Waals surface area contributed by atoms with Crippen LogP contribution in [0.1, 0.15) is 18.3 Å². The van der Waals surface area contributed by atoms with Crippen LogP contribution >= 0.6 is 0 Å². The number of rotatable bonds is 6. The number of oxazole rings is 1. The van der Waals surface area contributed by atoms with Crippen LogP contribution in [0.4, 0.5) is 11.8 Å². The number of hydrogen-bond acceptors (Lipinski definition) is 7. The molecule has 0 aliphatic heterocycles. The van der Waals surface area contributed by atoms with E-state index in [2.05, 4.69) is 15.0 Å². The van der Waals surface area contributed by atoms with Crippen LogP contribution in [0, 0.1) is 0 Å². The van der Waals surface area contributed by atoms with E-state index >= 15 is 0 Å². The largest absolute Gasteiger partial charge is 0.487 e. The van der Waals surface area contributed by atoms with Gasteiger partial charge in [-0.3, -0.25) is 0 Å². The van der Waals surface area contributed by atoms with Crippen LogP contribution < -0.4 is 16.2 Å². The van der Waals surface area contributed by atoms with Crippen molar-refractivity contribution in [3.8, 4) is 17.2 Å². The highest BCUT2D eigenvalue weighted by molar-refractivity contribution is 5.53. The summed E-state index contributed by atoms with van der Waals surface area (Å²) in [5.41, 5.74) is 13.9. The summed E-state index contributed by atoms with van der Waals surface area (Å²) in [6.07, 6.45) is 2.88. The second kappa shape index (κ2) is 6.99. The first-order chi connectivity index (χ1) is 11.7. The minimum atomic E-state index is 0.153. The third-order valence-electron chi connectivity index (χ3n) is 3.49. The standard InChI is InChI=1S/C17H19N5O2/c1-2-13-14(15(18)22-17(19)21-13)23-9-8-12-10-24-16(20-12)11-6-4-3-5-7-11/h3-7,10H,2,8-9H2,1H3,(H4,18,19,21,22). The van der Waals surface area contributed by atoms with Gasteiger partial charge in [0.15, 0.2) is 11.6 Å². The van der Waals surface area contributed by atoms with E-state index in [4.69, 9.17) is 20.6 Å². The number of anilines is 2. The molecule has 24 heavy (non-hydrogen) atoms. The van der Waals surface area contributed by atoms with Crippen molar-refractivity contribution in [1.29, 1.82) is 0 Å². The van der Waals surface area contributed by atoms with E-state index < -0.39 is 0 Å². The molecule has 3 aromatic rings. The second-order valence-corrected chi connectivity index (χ2v) is 5.20. The van der Waals surface area contributed by atoms with Gasteiger partial charge in [0, 0.05) is 12.0 Å². The Morgan fingerprint density at radius 2 is 1.88 bits per heavy atom. The topological polar surface area (TPSA) is 113 Å². The molecule has 0 amide bonds. The van der Waals surface area contributed by atoms with Crippen LogP contribution in [-0.4, -0.2) is 21.6 Å². The molecule has 2 aromatic heterocycles. The normalized spacial score (nSPS) is 10.7. The van der Waals surface area contributed by atoms with Gasteiger partial charge in [0.1, 0.15) is 6.26 Å². The zero-order valence-corrected chi connectivity index (χ0v) is 13.4. The van der Waals surface area contributed by atoms with Crippen LogP contribution in [-0.2, 0) is 12.8 Å². The van der Waals surface area contributed by atoms with Gasteiger partial charge in [-0.15, -0.1) is 0 Å². The second-order valence-electron chi connectivity index (χ2n) is 5.20. The van der Waals surface area contributed by atoms with Crippen molar-refractivity contribution < 1.29 is 9.15 Å². The average Bonchev–Trinajstić information content (AvgIpc) is 3.06. The van der Waals surface area contributed by atoms with E-state index in [9.17, 15) is 0 Å². The van der Waals surface area contributed by atoms with E-state index in [0.29, 0.717) is 36.8 Å².